The molecule has 1 unspecified atom stereocenters. The van der Waals surface area contributed by atoms with Gasteiger partial charge in [0.2, 0.25) is 11.8 Å². The summed E-state index contributed by atoms with van der Waals surface area (Å²) in [5.41, 5.74) is 7.55. The van der Waals surface area contributed by atoms with Crippen molar-refractivity contribution in [1.29, 1.82) is 0 Å². The van der Waals surface area contributed by atoms with E-state index in [1.807, 2.05) is 105 Å². The average Bonchev–Trinajstić information content (AvgIpc) is 3.26. The number of rotatable bonds is 15. The number of aliphatic hydroxyl groups is 1. The fraction of sp³-hybridized carbons (Fsp3) is 0.314. The Bertz CT molecular complexity index is 1450. The zero-order chi connectivity index (χ0) is 32.2. The fourth-order valence-electron chi connectivity index (χ4n) is 5.24. The number of urea groups is 1. The molecule has 1 saturated heterocycles. The summed E-state index contributed by atoms with van der Waals surface area (Å²) in [5, 5.41) is 10.6. The molecule has 3 N–H and O–H groups in total. The Balaban J connectivity index is 1.54. The number of allylic oxidation sites excluding steroid dienone is 1. The first-order valence-corrected chi connectivity index (χ1v) is 15.1. The highest BCUT2D eigenvalue weighted by Crippen LogP contribution is 2.27. The van der Waals surface area contributed by atoms with Crippen molar-refractivity contribution in [3.8, 4) is 0 Å². The number of hydrazine groups is 1. The number of hydrogen-bond acceptors (Lipinski definition) is 6. The van der Waals surface area contributed by atoms with Gasteiger partial charge in [0.15, 0.2) is 0 Å². The first-order chi connectivity index (χ1) is 21.8. The molecule has 0 spiro atoms. The summed E-state index contributed by atoms with van der Waals surface area (Å²) in [4.78, 5) is 60.8. The molecule has 0 radical (unpaired) electrons. The molecule has 3 aromatic rings. The van der Waals surface area contributed by atoms with Crippen molar-refractivity contribution in [3.05, 3.63) is 114 Å². The van der Waals surface area contributed by atoms with E-state index in [4.69, 9.17) is 4.84 Å². The van der Waals surface area contributed by atoms with Gasteiger partial charge < -0.3 is 10.0 Å². The van der Waals surface area contributed by atoms with Gasteiger partial charge in [-0.25, -0.2) is 10.3 Å². The third kappa shape index (κ3) is 9.10. The average molecular weight is 613 g/mol. The molecule has 0 aliphatic carbocycles. The van der Waals surface area contributed by atoms with Crippen LogP contribution in [0.25, 0.3) is 6.08 Å². The van der Waals surface area contributed by atoms with E-state index < -0.39 is 48.2 Å². The van der Waals surface area contributed by atoms with E-state index in [0.717, 1.165) is 16.7 Å². The molecular weight excluding hydrogens is 572 g/mol. The molecule has 0 saturated carbocycles. The van der Waals surface area contributed by atoms with Crippen molar-refractivity contribution in [1.82, 2.24) is 20.8 Å². The van der Waals surface area contributed by atoms with Gasteiger partial charge in [-0.15, -0.1) is 0 Å². The largest absolute Gasteiger partial charge is 0.394 e. The lowest BCUT2D eigenvalue weighted by Crippen LogP contribution is -2.51. The van der Waals surface area contributed by atoms with Crippen molar-refractivity contribution in [2.75, 3.05) is 6.61 Å². The molecule has 3 aromatic carbocycles. The maximum atomic E-state index is 13.9. The van der Waals surface area contributed by atoms with Crippen LogP contribution >= 0.6 is 0 Å². The third-order valence-electron chi connectivity index (χ3n) is 7.55. The molecule has 1 aliphatic rings. The summed E-state index contributed by atoms with van der Waals surface area (Å²) in [5.74, 6) is -3.69. The molecule has 5 amide bonds. The second-order valence-corrected chi connectivity index (χ2v) is 11.4. The maximum Gasteiger partial charge on any atom is 0.347 e. The Kier molecular flexibility index (Phi) is 12.0. The summed E-state index contributed by atoms with van der Waals surface area (Å²) in [6, 6.07) is 26.1. The number of amides is 5. The maximum absolute atomic E-state index is 13.9. The smallest absolute Gasteiger partial charge is 0.347 e. The van der Waals surface area contributed by atoms with Crippen LogP contribution in [0, 0.1) is 17.8 Å². The molecule has 1 fully saturated rings. The van der Waals surface area contributed by atoms with E-state index in [9.17, 15) is 24.3 Å². The SMILES string of the molecule is CC(C)C[C@@H](C(=O)NN1C(=O)[C@H](CO)N(Cc2ccccc2)C1=O)C(C/C=C/c1ccccc1)C(=O)NOCc1ccccc1. The van der Waals surface area contributed by atoms with E-state index in [-0.39, 0.29) is 25.5 Å². The van der Waals surface area contributed by atoms with Crippen molar-refractivity contribution < 1.29 is 29.1 Å². The zero-order valence-corrected chi connectivity index (χ0v) is 25.5. The lowest BCUT2D eigenvalue weighted by Gasteiger charge is -2.28. The first-order valence-electron chi connectivity index (χ1n) is 15.1. The van der Waals surface area contributed by atoms with Crippen molar-refractivity contribution in [2.45, 2.75) is 45.9 Å². The summed E-state index contributed by atoms with van der Waals surface area (Å²) < 4.78 is 0. The highest BCUT2D eigenvalue weighted by Gasteiger charge is 2.47. The monoisotopic (exact) mass is 612 g/mol. The molecule has 10 heteroatoms. The molecule has 4 rings (SSSR count). The molecule has 0 aromatic heterocycles. The number of aliphatic hydroxyl groups excluding tert-OH is 1. The van der Waals surface area contributed by atoms with Gasteiger partial charge in [-0.3, -0.25) is 24.6 Å². The minimum atomic E-state index is -1.15. The number of benzene rings is 3. The van der Waals surface area contributed by atoms with E-state index in [0.29, 0.717) is 11.4 Å². The van der Waals surface area contributed by atoms with E-state index in [1.54, 1.807) is 12.1 Å². The normalized spacial score (nSPS) is 16.3. The van der Waals surface area contributed by atoms with Crippen LogP contribution in [0.1, 0.15) is 43.4 Å². The zero-order valence-electron chi connectivity index (χ0n) is 25.5. The Labute approximate surface area is 263 Å². The quantitative estimate of drug-likeness (QED) is 0.172. The molecule has 236 valence electrons. The van der Waals surface area contributed by atoms with Crippen LogP contribution in [0.3, 0.4) is 0 Å². The second-order valence-electron chi connectivity index (χ2n) is 11.4. The minimum Gasteiger partial charge on any atom is -0.394 e. The Morgan fingerprint density at radius 3 is 2.07 bits per heavy atom. The van der Waals surface area contributed by atoms with Gasteiger partial charge in [-0.2, -0.15) is 5.01 Å². The second kappa shape index (κ2) is 16.3. The number of carbonyl (C=O) groups is 4. The third-order valence-corrected chi connectivity index (χ3v) is 7.55. The highest BCUT2D eigenvalue weighted by molar-refractivity contribution is 6.05. The molecular formula is C35H40N4O6. The summed E-state index contributed by atoms with van der Waals surface area (Å²) in [7, 11) is 0. The predicted molar refractivity (Wildman–Crippen MR) is 169 cm³/mol. The molecule has 3 atom stereocenters. The summed E-state index contributed by atoms with van der Waals surface area (Å²) in [6.07, 6.45) is 4.19. The van der Waals surface area contributed by atoms with E-state index in [2.05, 4.69) is 10.9 Å². The van der Waals surface area contributed by atoms with Gasteiger partial charge in [0, 0.05) is 6.54 Å². The molecule has 1 heterocycles. The Morgan fingerprint density at radius 1 is 0.867 bits per heavy atom. The van der Waals surface area contributed by atoms with Gasteiger partial charge in [0.05, 0.1) is 25.0 Å². The van der Waals surface area contributed by atoms with Crippen LogP contribution in [0.15, 0.2) is 97.1 Å². The minimum absolute atomic E-state index is 0.00383. The molecule has 0 bridgehead atoms. The molecule has 10 nitrogen and oxygen atoms in total. The lowest BCUT2D eigenvalue weighted by atomic mass is 9.82. The first kappa shape index (κ1) is 33.1. The van der Waals surface area contributed by atoms with Crippen LogP contribution in [0.2, 0.25) is 0 Å². The van der Waals surface area contributed by atoms with Crippen LogP contribution in [0.4, 0.5) is 4.79 Å². The van der Waals surface area contributed by atoms with Crippen LogP contribution < -0.4 is 10.9 Å². The predicted octanol–water partition coefficient (Wildman–Crippen LogP) is 4.47. The standard InChI is InChI=1S/C35H40N4O6/c1-25(2)21-30(32(41)36-39-34(43)31(23-40)38(35(39)44)22-27-15-8-4-9-16-27)29(20-12-19-26-13-6-3-7-14-26)33(42)37-45-24-28-17-10-5-11-18-28/h3-19,25,29-31,40H,20-24H2,1-2H3,(H,36,41)(H,37,42)/b19-12+/t29?,30-,31+/m1/s1. The fourth-order valence-corrected chi connectivity index (χ4v) is 5.24. The van der Waals surface area contributed by atoms with E-state index >= 15 is 0 Å². The number of hydroxylamine groups is 1. The van der Waals surface area contributed by atoms with E-state index in [1.165, 1.54) is 4.90 Å². The Morgan fingerprint density at radius 2 is 1.47 bits per heavy atom. The summed E-state index contributed by atoms with van der Waals surface area (Å²) >= 11 is 0. The lowest BCUT2D eigenvalue weighted by molar-refractivity contribution is -0.147. The van der Waals surface area contributed by atoms with Crippen LogP contribution in [-0.2, 0) is 32.4 Å². The topological polar surface area (TPSA) is 128 Å². The van der Waals surface area contributed by atoms with Gasteiger partial charge in [0.1, 0.15) is 6.04 Å². The van der Waals surface area contributed by atoms with Gasteiger partial charge in [-0.05, 0) is 35.4 Å². The Hall–Kier alpha value is -4.80. The number of nitrogens with one attached hydrogen (secondary N) is 2. The number of hydrogen-bond donors (Lipinski definition) is 3. The molecule has 1 aliphatic heterocycles. The molecule has 45 heavy (non-hydrogen) atoms. The van der Waals surface area contributed by atoms with Gasteiger partial charge in [0.25, 0.3) is 5.91 Å². The summed E-state index contributed by atoms with van der Waals surface area (Å²) in [6.45, 7) is 3.46. The number of nitrogens with zero attached hydrogens (tertiary/aromatic N) is 2. The van der Waals surface area contributed by atoms with Gasteiger partial charge >= 0.3 is 6.03 Å². The highest BCUT2D eigenvalue weighted by atomic mass is 16.6. The van der Waals surface area contributed by atoms with Crippen LogP contribution in [-0.4, -0.2) is 51.4 Å². The number of imide groups is 1. The van der Waals surface area contributed by atoms with Crippen molar-refractivity contribution in [2.24, 2.45) is 17.8 Å². The van der Waals surface area contributed by atoms with Crippen molar-refractivity contribution >= 4 is 29.8 Å². The van der Waals surface area contributed by atoms with Crippen molar-refractivity contribution in [3.63, 3.8) is 0 Å². The van der Waals surface area contributed by atoms with Gasteiger partial charge in [-0.1, -0.05) is 117 Å². The van der Waals surface area contributed by atoms with Crippen LogP contribution in [0.5, 0.6) is 0 Å². The number of carbonyl (C=O) groups excluding carboxylic acids is 4.